The second-order valence-electron chi connectivity index (χ2n) is 17.2. The molecule has 282 valence electrons. The summed E-state index contributed by atoms with van der Waals surface area (Å²) >= 11 is 0. The number of fused-ring (bicyclic) bond motifs is 3. The number of phenolic OH excluding ortho intramolecular Hbond substituents is 1. The lowest BCUT2D eigenvalue weighted by Crippen LogP contribution is -2.80. The van der Waals surface area contributed by atoms with E-state index in [1.165, 1.54) is 12.7 Å². The number of methoxy groups -OCH3 is 1. The third-order valence-corrected chi connectivity index (χ3v) is 13.0. The van der Waals surface area contributed by atoms with E-state index in [0.717, 1.165) is 24.0 Å². The second kappa shape index (κ2) is 12.3. The van der Waals surface area contributed by atoms with E-state index >= 15 is 4.79 Å². The van der Waals surface area contributed by atoms with Crippen molar-refractivity contribution in [3.05, 3.63) is 69.1 Å². The van der Waals surface area contributed by atoms with E-state index in [1.54, 1.807) is 13.0 Å². The predicted molar refractivity (Wildman–Crippen MR) is 201 cm³/mol. The third-order valence-electron chi connectivity index (χ3n) is 13.0. The number of nitrogens with two attached hydrogens (primary N) is 1. The summed E-state index contributed by atoms with van der Waals surface area (Å²) < 4.78 is 26.7. The molecule has 7 aliphatic rings. The Kier molecular flexibility index (Phi) is 8.53. The Morgan fingerprint density at radius 3 is 2.45 bits per heavy atom. The number of hydrogen-bond acceptors (Lipinski definition) is 10. The zero-order valence-electron chi connectivity index (χ0n) is 32.7. The maximum atomic E-state index is 15.2. The number of nitrogens with zero attached hydrogens (tertiary/aromatic N) is 2. The molecule has 0 radical (unpaired) electrons. The summed E-state index contributed by atoms with van der Waals surface area (Å²) in [4.78, 5) is 29.8. The highest BCUT2D eigenvalue weighted by Gasteiger charge is 2.86. The molecule has 53 heavy (non-hydrogen) atoms. The molecule has 1 aromatic rings. The first-order valence-corrected chi connectivity index (χ1v) is 18.8. The van der Waals surface area contributed by atoms with Gasteiger partial charge in [0.2, 0.25) is 0 Å². The number of carbonyl (C=O) groups excluding carboxylic acids is 2. The van der Waals surface area contributed by atoms with Crippen molar-refractivity contribution in [3.8, 4) is 23.3 Å². The minimum atomic E-state index is -1.51. The Morgan fingerprint density at radius 1 is 1.11 bits per heavy atom. The summed E-state index contributed by atoms with van der Waals surface area (Å²) in [6, 6.07) is 1.81. The number of Topliss-reactive ketones (excluding diaryl/α,β-unsaturated/α-hetero) is 1. The SMILES string of the molecule is COC(=O)/C(C)=C\CC12OC(C)(C)C3CC(C1=O)C1C(C#N)=C(N)N(C)C4c5c(O)c6c(c(CC=C(C)C)c5OC32C14)OC(C)(CCC=C(C)C)C=C6. The van der Waals surface area contributed by atoms with E-state index in [1.807, 2.05) is 51.8 Å². The number of rotatable bonds is 8. The third kappa shape index (κ3) is 4.98. The number of benzene rings is 1. The van der Waals surface area contributed by atoms with E-state index < -0.39 is 52.2 Å². The van der Waals surface area contributed by atoms with Crippen LogP contribution in [0.4, 0.5) is 0 Å². The quantitative estimate of drug-likeness (QED) is 0.161. The predicted octanol–water partition coefficient (Wildman–Crippen LogP) is 7.13. The van der Waals surface area contributed by atoms with Gasteiger partial charge in [-0.1, -0.05) is 29.4 Å². The van der Waals surface area contributed by atoms with Gasteiger partial charge in [0, 0.05) is 48.3 Å². The Balaban J connectivity index is 1.54. The van der Waals surface area contributed by atoms with Gasteiger partial charge in [0.05, 0.1) is 41.5 Å². The molecule has 3 saturated carbocycles. The minimum Gasteiger partial charge on any atom is -0.507 e. The molecule has 10 nitrogen and oxygen atoms in total. The summed E-state index contributed by atoms with van der Waals surface area (Å²) in [6.45, 7) is 16.0. The van der Waals surface area contributed by atoms with Crippen molar-refractivity contribution in [1.82, 2.24) is 4.90 Å². The number of ketones is 1. The first kappa shape index (κ1) is 36.9. The van der Waals surface area contributed by atoms with Crippen LogP contribution in [0.1, 0.15) is 104 Å². The van der Waals surface area contributed by atoms with Gasteiger partial charge in [-0.2, -0.15) is 5.26 Å². The average Bonchev–Trinajstić information content (AvgIpc) is 3.24. The largest absolute Gasteiger partial charge is 0.507 e. The van der Waals surface area contributed by atoms with Crippen LogP contribution in [-0.4, -0.2) is 58.3 Å². The number of ether oxygens (including phenoxy) is 4. The number of esters is 1. The highest BCUT2D eigenvalue weighted by Crippen LogP contribution is 2.76. The molecule has 8 unspecified atom stereocenters. The summed E-state index contributed by atoms with van der Waals surface area (Å²) in [6.07, 6.45) is 12.5. The van der Waals surface area contributed by atoms with Gasteiger partial charge in [-0.15, -0.1) is 0 Å². The van der Waals surface area contributed by atoms with E-state index in [9.17, 15) is 15.2 Å². The lowest BCUT2D eigenvalue weighted by atomic mass is 9.41. The molecular formula is C43H53N3O7. The molecule has 4 bridgehead atoms. The molecule has 4 fully saturated rings. The monoisotopic (exact) mass is 723 g/mol. The van der Waals surface area contributed by atoms with Crippen molar-refractivity contribution in [3.63, 3.8) is 0 Å². The van der Waals surface area contributed by atoms with E-state index in [2.05, 4.69) is 39.0 Å². The van der Waals surface area contributed by atoms with Gasteiger partial charge in [0.15, 0.2) is 17.0 Å². The molecule has 1 aromatic carbocycles. The molecule has 3 aliphatic carbocycles. The van der Waals surface area contributed by atoms with Gasteiger partial charge < -0.3 is 34.7 Å². The molecule has 4 aliphatic heterocycles. The topological polar surface area (TPSA) is 144 Å². The molecule has 8 atom stereocenters. The molecule has 1 spiro atoms. The van der Waals surface area contributed by atoms with Crippen LogP contribution in [0.2, 0.25) is 0 Å². The van der Waals surface area contributed by atoms with Crippen molar-refractivity contribution < 1.29 is 33.6 Å². The van der Waals surface area contributed by atoms with Crippen LogP contribution in [0.5, 0.6) is 17.2 Å². The van der Waals surface area contributed by atoms with Crippen molar-refractivity contribution in [1.29, 1.82) is 5.26 Å². The second-order valence-corrected chi connectivity index (χ2v) is 17.2. The lowest BCUT2D eigenvalue weighted by Gasteiger charge is -2.67. The zero-order chi connectivity index (χ0) is 38.6. The summed E-state index contributed by atoms with van der Waals surface area (Å²) in [5.41, 5.74) is 7.53. The lowest BCUT2D eigenvalue weighted by molar-refractivity contribution is -0.231. The first-order valence-electron chi connectivity index (χ1n) is 18.8. The zero-order valence-corrected chi connectivity index (χ0v) is 32.7. The number of nitriles is 1. The highest BCUT2D eigenvalue weighted by atomic mass is 16.6. The van der Waals surface area contributed by atoms with Gasteiger partial charge in [-0.3, -0.25) is 4.79 Å². The van der Waals surface area contributed by atoms with Gasteiger partial charge in [-0.05, 0) is 93.2 Å². The smallest absolute Gasteiger partial charge is 0.333 e. The van der Waals surface area contributed by atoms with Crippen LogP contribution in [-0.2, 0) is 25.5 Å². The van der Waals surface area contributed by atoms with E-state index in [4.69, 9.17) is 24.7 Å². The van der Waals surface area contributed by atoms with Crippen LogP contribution in [0.25, 0.3) is 6.08 Å². The number of hydrogen-bond donors (Lipinski definition) is 2. The van der Waals surface area contributed by atoms with Gasteiger partial charge in [-0.25, -0.2) is 4.79 Å². The van der Waals surface area contributed by atoms with Crippen molar-refractivity contribution in [2.75, 3.05) is 14.2 Å². The fourth-order valence-corrected chi connectivity index (χ4v) is 10.6. The summed E-state index contributed by atoms with van der Waals surface area (Å²) in [5, 5.41) is 23.1. The molecule has 8 rings (SSSR count). The molecule has 10 heteroatoms. The van der Waals surface area contributed by atoms with Crippen LogP contribution in [0, 0.1) is 35.0 Å². The maximum absolute atomic E-state index is 15.2. The Labute approximate surface area is 313 Å². The first-order chi connectivity index (χ1) is 24.9. The maximum Gasteiger partial charge on any atom is 0.333 e. The van der Waals surface area contributed by atoms with Crippen LogP contribution in [0.15, 0.2) is 52.4 Å². The molecular weight excluding hydrogens is 670 g/mol. The van der Waals surface area contributed by atoms with Crippen LogP contribution >= 0.6 is 0 Å². The average molecular weight is 724 g/mol. The van der Waals surface area contributed by atoms with E-state index in [-0.39, 0.29) is 29.7 Å². The Hall–Kier alpha value is -4.49. The van der Waals surface area contributed by atoms with Gasteiger partial charge >= 0.3 is 5.97 Å². The fourth-order valence-electron chi connectivity index (χ4n) is 10.6. The van der Waals surface area contributed by atoms with Crippen LogP contribution in [0.3, 0.4) is 0 Å². The van der Waals surface area contributed by atoms with Crippen LogP contribution < -0.4 is 15.2 Å². The number of aromatic hydroxyl groups is 1. The fraction of sp³-hybridized carbons (Fsp3) is 0.558. The van der Waals surface area contributed by atoms with Crippen molar-refractivity contribution in [2.24, 2.45) is 29.4 Å². The number of allylic oxidation sites excluding steroid dienone is 5. The van der Waals surface area contributed by atoms with Gasteiger partial charge in [0.1, 0.15) is 28.7 Å². The van der Waals surface area contributed by atoms with Crippen molar-refractivity contribution >= 4 is 17.8 Å². The Morgan fingerprint density at radius 2 is 1.81 bits per heavy atom. The molecule has 1 saturated heterocycles. The highest BCUT2D eigenvalue weighted by molar-refractivity contribution is 5.96. The van der Waals surface area contributed by atoms with E-state index in [0.29, 0.717) is 46.6 Å². The molecule has 0 amide bonds. The number of carbonyl (C=O) groups is 2. The molecule has 0 aromatic heterocycles. The summed E-state index contributed by atoms with van der Waals surface area (Å²) in [7, 11) is 3.18. The minimum absolute atomic E-state index is 0.0352. The van der Waals surface area contributed by atoms with Crippen molar-refractivity contribution in [2.45, 2.75) is 116 Å². The standard InChI is InChI=1S/C43H53N3O7/c1-22(2)12-11-17-41(8)18-16-25-34(47)31-33-32-30(28(21-44)38(45)46(33)9)27-20-29-40(6,7)53-42(37(27)48,19-15-24(5)39(49)50-10)43(29,32)52-36(31)26(35(25)51-41)14-13-23(3)4/h12-13,15-16,18,27,29-30,32-33,47H,11,14,17,19-20,45H2,1-10H3/b24-15-. The molecule has 4 heterocycles. The summed E-state index contributed by atoms with van der Waals surface area (Å²) in [5.74, 6) is -1.24. The number of phenols is 1. The molecule has 3 N–H and O–H groups in total. The van der Waals surface area contributed by atoms with Gasteiger partial charge in [0.25, 0.3) is 0 Å². The Bertz CT molecular complexity index is 2010. The normalized spacial score (nSPS) is 33.9.